The Bertz CT molecular complexity index is 712. The number of hydrogen-bond donors (Lipinski definition) is 0. The van der Waals surface area contributed by atoms with E-state index in [9.17, 15) is 9.59 Å². The molecule has 0 radical (unpaired) electrons. The van der Waals surface area contributed by atoms with E-state index in [2.05, 4.69) is 25.7 Å². The number of hydrogen-bond acceptors (Lipinski definition) is 6. The molecule has 0 saturated carbocycles. The summed E-state index contributed by atoms with van der Waals surface area (Å²) < 4.78 is 16.4. The molecule has 1 aliphatic heterocycles. The van der Waals surface area contributed by atoms with Crippen LogP contribution in [-0.4, -0.2) is 54.4 Å². The molecule has 0 atom stereocenters. The third-order valence-electron chi connectivity index (χ3n) is 3.56. The van der Waals surface area contributed by atoms with Crippen LogP contribution in [0.15, 0.2) is 28.3 Å². The number of halogens is 1. The Kier molecular flexibility index (Phi) is 6.63. The molecule has 1 aromatic heterocycles. The van der Waals surface area contributed by atoms with E-state index in [4.69, 9.17) is 9.47 Å². The van der Waals surface area contributed by atoms with E-state index < -0.39 is 11.6 Å². The van der Waals surface area contributed by atoms with Gasteiger partial charge in [-0.3, -0.25) is 0 Å². The molecule has 0 bridgehead atoms. The van der Waals surface area contributed by atoms with Crippen LogP contribution >= 0.6 is 15.9 Å². The molecule has 0 spiro atoms. The molecule has 0 fully saturated rings. The van der Waals surface area contributed by atoms with Gasteiger partial charge >= 0.3 is 12.1 Å². The maximum Gasteiger partial charge on any atom is 0.410 e. The zero-order valence-corrected chi connectivity index (χ0v) is 17.0. The second-order valence-corrected chi connectivity index (χ2v) is 7.66. The Hall–Kier alpha value is -2.09. The molecular formula is C18H23BrN2O5. The van der Waals surface area contributed by atoms with Crippen molar-refractivity contribution in [1.82, 2.24) is 9.88 Å². The number of carbonyl (C=O) groups is 2. The van der Waals surface area contributed by atoms with E-state index in [0.717, 1.165) is 5.57 Å². The van der Waals surface area contributed by atoms with Gasteiger partial charge in [0.05, 0.1) is 11.6 Å². The normalized spacial score (nSPS) is 14.5. The van der Waals surface area contributed by atoms with Gasteiger partial charge in [0.1, 0.15) is 12.2 Å². The molecule has 8 heteroatoms. The van der Waals surface area contributed by atoms with E-state index >= 15 is 0 Å². The first-order valence-electron chi connectivity index (χ1n) is 8.23. The molecule has 0 saturated heterocycles. The second kappa shape index (κ2) is 8.53. The average Bonchev–Trinajstić information content (AvgIpc) is 2.59. The molecule has 1 aliphatic rings. The lowest BCUT2D eigenvalue weighted by atomic mass is 10.1. The predicted octanol–water partition coefficient (Wildman–Crippen LogP) is 3.58. The van der Waals surface area contributed by atoms with Gasteiger partial charge in [-0.1, -0.05) is 6.08 Å². The summed E-state index contributed by atoms with van der Waals surface area (Å²) in [5.74, 6) is -0.199. The number of rotatable bonds is 4. The summed E-state index contributed by atoms with van der Waals surface area (Å²) in [4.78, 5) is 29.4. The van der Waals surface area contributed by atoms with Crippen molar-refractivity contribution in [1.29, 1.82) is 0 Å². The molecule has 2 heterocycles. The highest BCUT2D eigenvalue weighted by atomic mass is 79.9. The summed E-state index contributed by atoms with van der Waals surface area (Å²) in [7, 11) is 1.30. The number of amides is 1. The number of nitrogens with zero attached hydrogens (tertiary/aromatic N) is 2. The van der Waals surface area contributed by atoms with Gasteiger partial charge in [-0.25, -0.2) is 14.6 Å². The quantitative estimate of drug-likeness (QED) is 0.540. The zero-order chi connectivity index (χ0) is 19.3. The Morgan fingerprint density at radius 2 is 2.04 bits per heavy atom. The van der Waals surface area contributed by atoms with Crippen LogP contribution in [0.5, 0.6) is 5.88 Å². The molecular weight excluding hydrogens is 404 g/mol. The summed E-state index contributed by atoms with van der Waals surface area (Å²) in [6.45, 7) is 6.91. The minimum absolute atomic E-state index is 0.180. The van der Waals surface area contributed by atoms with Gasteiger partial charge in [-0.2, -0.15) is 0 Å². The van der Waals surface area contributed by atoms with Crippen molar-refractivity contribution in [3.05, 3.63) is 33.9 Å². The number of pyridine rings is 1. The van der Waals surface area contributed by atoms with E-state index in [1.54, 1.807) is 17.0 Å². The highest BCUT2D eigenvalue weighted by Gasteiger charge is 2.23. The van der Waals surface area contributed by atoms with Crippen LogP contribution in [0.4, 0.5) is 4.79 Å². The fourth-order valence-electron chi connectivity index (χ4n) is 2.24. The van der Waals surface area contributed by atoms with Crippen molar-refractivity contribution < 1.29 is 23.8 Å². The number of ether oxygens (including phenoxy) is 3. The number of esters is 1. The first kappa shape index (κ1) is 20.2. The van der Waals surface area contributed by atoms with Crippen LogP contribution in [0.25, 0.3) is 0 Å². The highest BCUT2D eigenvalue weighted by molar-refractivity contribution is 9.10. The summed E-state index contributed by atoms with van der Waals surface area (Å²) in [6.07, 6.45) is 2.32. The van der Waals surface area contributed by atoms with Gasteiger partial charge in [-0.15, -0.1) is 0 Å². The Morgan fingerprint density at radius 1 is 1.31 bits per heavy atom. The molecule has 0 aliphatic carbocycles. The minimum Gasteiger partial charge on any atom is -0.472 e. The van der Waals surface area contributed by atoms with Crippen LogP contribution in [0, 0.1) is 0 Å². The van der Waals surface area contributed by atoms with Gasteiger partial charge < -0.3 is 19.1 Å². The molecule has 1 aromatic rings. The standard InChI is InChI=1S/C18H23BrN2O5/c1-18(2,3)26-17(23)21-9-7-12(8-10-21)11-25-15-13(19)5-6-14(20-15)16(22)24-4/h5-7H,8-11H2,1-4H3. The maximum atomic E-state index is 12.1. The molecule has 2 rings (SSSR count). The third-order valence-corrected chi connectivity index (χ3v) is 4.16. The second-order valence-electron chi connectivity index (χ2n) is 6.80. The smallest absolute Gasteiger partial charge is 0.410 e. The number of aromatic nitrogens is 1. The van der Waals surface area contributed by atoms with Crippen LogP contribution in [-0.2, 0) is 9.47 Å². The topological polar surface area (TPSA) is 78.0 Å². The highest BCUT2D eigenvalue weighted by Crippen LogP contribution is 2.24. The van der Waals surface area contributed by atoms with E-state index in [1.807, 2.05) is 26.8 Å². The van der Waals surface area contributed by atoms with Crippen molar-refractivity contribution in [2.75, 3.05) is 26.8 Å². The van der Waals surface area contributed by atoms with E-state index in [0.29, 0.717) is 36.5 Å². The Morgan fingerprint density at radius 3 is 2.62 bits per heavy atom. The van der Waals surface area contributed by atoms with Gasteiger partial charge in [0, 0.05) is 13.1 Å². The Labute approximate surface area is 161 Å². The van der Waals surface area contributed by atoms with Gasteiger partial charge in [0.15, 0.2) is 5.69 Å². The van der Waals surface area contributed by atoms with Crippen molar-refractivity contribution >= 4 is 28.0 Å². The SMILES string of the molecule is COC(=O)c1ccc(Br)c(OCC2=CCN(C(=O)OC(C)(C)C)CC2)n1. The number of carbonyl (C=O) groups excluding carboxylic acids is 2. The first-order valence-corrected chi connectivity index (χ1v) is 9.02. The van der Waals surface area contributed by atoms with Crippen molar-refractivity contribution in [2.45, 2.75) is 32.8 Å². The molecule has 1 amide bonds. The molecule has 26 heavy (non-hydrogen) atoms. The molecule has 7 nitrogen and oxygen atoms in total. The molecule has 0 unspecified atom stereocenters. The largest absolute Gasteiger partial charge is 0.472 e. The monoisotopic (exact) mass is 426 g/mol. The van der Waals surface area contributed by atoms with E-state index in [-0.39, 0.29) is 11.8 Å². The third kappa shape index (κ3) is 5.72. The predicted molar refractivity (Wildman–Crippen MR) is 99.3 cm³/mol. The summed E-state index contributed by atoms with van der Waals surface area (Å²) >= 11 is 3.35. The first-order chi connectivity index (χ1) is 12.2. The molecule has 142 valence electrons. The van der Waals surface area contributed by atoms with Crippen LogP contribution in [0.1, 0.15) is 37.7 Å². The van der Waals surface area contributed by atoms with Crippen LogP contribution in [0.3, 0.4) is 0 Å². The van der Waals surface area contributed by atoms with Gasteiger partial charge in [0.25, 0.3) is 0 Å². The summed E-state index contributed by atoms with van der Waals surface area (Å²) in [5.41, 5.74) is 0.730. The van der Waals surface area contributed by atoms with Gasteiger partial charge in [-0.05, 0) is 60.8 Å². The lowest BCUT2D eigenvalue weighted by molar-refractivity contribution is 0.0264. The fraction of sp³-hybridized carbons (Fsp3) is 0.500. The lowest BCUT2D eigenvalue weighted by Gasteiger charge is -2.29. The van der Waals surface area contributed by atoms with Crippen molar-refractivity contribution in [2.24, 2.45) is 0 Å². The molecule has 0 N–H and O–H groups in total. The van der Waals surface area contributed by atoms with Crippen LogP contribution in [0.2, 0.25) is 0 Å². The number of methoxy groups -OCH3 is 1. The molecule has 0 aromatic carbocycles. The van der Waals surface area contributed by atoms with Crippen molar-refractivity contribution in [3.8, 4) is 5.88 Å². The van der Waals surface area contributed by atoms with E-state index in [1.165, 1.54) is 7.11 Å². The van der Waals surface area contributed by atoms with Crippen LogP contribution < -0.4 is 4.74 Å². The average molecular weight is 427 g/mol. The van der Waals surface area contributed by atoms with Crippen molar-refractivity contribution in [3.63, 3.8) is 0 Å². The lowest BCUT2D eigenvalue weighted by Crippen LogP contribution is -2.39. The zero-order valence-electron chi connectivity index (χ0n) is 15.4. The minimum atomic E-state index is -0.521. The summed E-state index contributed by atoms with van der Waals surface area (Å²) in [6, 6.07) is 3.25. The fourth-order valence-corrected chi connectivity index (χ4v) is 2.57. The van der Waals surface area contributed by atoms with Gasteiger partial charge in [0.2, 0.25) is 5.88 Å². The Balaban J connectivity index is 1.93. The summed E-state index contributed by atoms with van der Waals surface area (Å²) in [5, 5.41) is 0. The maximum absolute atomic E-state index is 12.1.